The van der Waals surface area contributed by atoms with Gasteiger partial charge in [0.25, 0.3) is 0 Å². The second kappa shape index (κ2) is 18.7. The Morgan fingerprint density at radius 1 is 0.521 bits per heavy atom. The number of halogens is 2. The van der Waals surface area contributed by atoms with E-state index in [0.717, 1.165) is 9.52 Å². The van der Waals surface area contributed by atoms with Gasteiger partial charge in [0.15, 0.2) is 0 Å². The summed E-state index contributed by atoms with van der Waals surface area (Å²) in [5.41, 5.74) is 16.7. The Bertz CT molecular complexity index is 1800. The maximum absolute atomic E-state index is 4.93. The molecule has 6 aromatic rings. The molecule has 0 atom stereocenters. The zero-order chi connectivity index (χ0) is 35.7. The Kier molecular flexibility index (Phi) is 15.7. The summed E-state index contributed by atoms with van der Waals surface area (Å²) in [6, 6.07) is 31.7. The van der Waals surface area contributed by atoms with E-state index in [-0.39, 0.29) is 0 Å². The molecular weight excluding hydrogens is 719 g/mol. The molecule has 0 unspecified atom stereocenters. The molecule has 0 heterocycles. The summed E-state index contributed by atoms with van der Waals surface area (Å²) in [5.74, 6) is 1.15. The molecule has 0 aliphatic carbocycles. The molecule has 6 rings (SSSR count). The molecule has 0 saturated carbocycles. The van der Waals surface area contributed by atoms with Crippen molar-refractivity contribution in [2.45, 2.75) is 94.2 Å². The van der Waals surface area contributed by atoms with Gasteiger partial charge in [-0.3, -0.25) is 0 Å². The van der Waals surface area contributed by atoms with Crippen LogP contribution in [0.4, 0.5) is 0 Å². The van der Waals surface area contributed by atoms with Crippen LogP contribution < -0.4 is 0 Å². The molecule has 0 saturated heterocycles. The van der Waals surface area contributed by atoms with Crippen LogP contribution in [0, 0.1) is 41.5 Å². The summed E-state index contributed by atoms with van der Waals surface area (Å²) in [5, 5.41) is 5.47. The van der Waals surface area contributed by atoms with Crippen LogP contribution in [0.5, 0.6) is 0 Å². The molecule has 0 spiro atoms. The molecular formula is C44H52Cl2SiZr. The molecule has 0 nitrogen and oxygen atoms in total. The Balaban J connectivity index is 0.000000224. The van der Waals surface area contributed by atoms with Gasteiger partial charge in [0.1, 0.15) is 0 Å². The normalized spacial score (nSPS) is 10.7. The number of benzene rings is 4. The Morgan fingerprint density at radius 2 is 0.854 bits per heavy atom. The second-order valence-electron chi connectivity index (χ2n) is 13.4. The van der Waals surface area contributed by atoms with Gasteiger partial charge in [-0.2, -0.15) is 12.1 Å². The van der Waals surface area contributed by atoms with E-state index in [0.29, 0.717) is 11.8 Å². The van der Waals surface area contributed by atoms with Crippen molar-refractivity contribution in [1.29, 1.82) is 0 Å². The van der Waals surface area contributed by atoms with Crippen LogP contribution in [0.3, 0.4) is 0 Å². The maximum atomic E-state index is 4.93. The van der Waals surface area contributed by atoms with Gasteiger partial charge in [-0.25, -0.2) is 0 Å². The molecule has 2 radical (unpaired) electrons. The minimum absolute atomic E-state index is 0.575. The van der Waals surface area contributed by atoms with Gasteiger partial charge < -0.3 is 0 Å². The molecule has 0 aliphatic heterocycles. The summed E-state index contributed by atoms with van der Waals surface area (Å²) in [6.07, 6.45) is 0. The third kappa shape index (κ3) is 9.51. The minimum atomic E-state index is -0.826. The number of fused-ring (bicyclic) bond motifs is 2. The zero-order valence-corrected chi connectivity index (χ0v) is 36.0. The fraction of sp³-hybridized carbons (Fsp3) is 0.318. The molecule has 0 fully saturated rings. The standard InChI is InChI=1S/2C21H23.C2H6Si.2ClH.Zr/c2*1-13(2)18-11-17-7-6-8-20(21(17)12-18)19-10-9-14(3)15(4)16(19)5;1-3-2;;;/h2*6-13H,1-5H3;1-2H3;2*1H;/q2*-1;;;;+4/p-2. The van der Waals surface area contributed by atoms with Gasteiger partial charge in [-0.05, 0) is 97.9 Å². The van der Waals surface area contributed by atoms with Gasteiger partial charge in [-0.1, -0.05) is 88.3 Å². The SMILES string of the molecule is C[Si]C.Cc1ccc(-c2cccc3[cH-]c(C(C)C)cc23)c(C)c1C.Cc1ccc(-c2cccc3[cH-]c(C(C)C)cc23)c(C)c1C.[Cl][Zr+2][Cl]. The average Bonchev–Trinajstić information content (AvgIpc) is 3.70. The molecule has 0 bridgehead atoms. The van der Waals surface area contributed by atoms with Crippen LogP contribution >= 0.6 is 17.0 Å². The van der Waals surface area contributed by atoms with Gasteiger partial charge in [0.05, 0.1) is 0 Å². The number of hydrogen-bond acceptors (Lipinski definition) is 0. The van der Waals surface area contributed by atoms with Crippen molar-refractivity contribution < 1.29 is 20.8 Å². The van der Waals surface area contributed by atoms with Crippen molar-refractivity contribution >= 4 is 48.1 Å². The molecule has 6 aromatic carbocycles. The van der Waals surface area contributed by atoms with Crippen molar-refractivity contribution in [2.24, 2.45) is 0 Å². The fourth-order valence-electron chi connectivity index (χ4n) is 6.15. The molecule has 0 N–H and O–H groups in total. The quantitative estimate of drug-likeness (QED) is 0.124. The van der Waals surface area contributed by atoms with E-state index in [1.54, 1.807) is 0 Å². The van der Waals surface area contributed by atoms with Crippen molar-refractivity contribution in [2.75, 3.05) is 0 Å². The number of rotatable bonds is 4. The molecule has 4 heteroatoms. The molecule has 0 amide bonds. The molecule has 48 heavy (non-hydrogen) atoms. The summed E-state index contributed by atoms with van der Waals surface area (Å²) in [7, 11) is 11.0. The predicted molar refractivity (Wildman–Crippen MR) is 216 cm³/mol. The average molecular weight is 771 g/mol. The fourth-order valence-corrected chi connectivity index (χ4v) is 6.15. The first-order valence-electron chi connectivity index (χ1n) is 16.9. The van der Waals surface area contributed by atoms with E-state index >= 15 is 0 Å². The zero-order valence-electron chi connectivity index (χ0n) is 31.0. The first kappa shape index (κ1) is 40.2. The van der Waals surface area contributed by atoms with E-state index in [1.807, 2.05) is 0 Å². The van der Waals surface area contributed by atoms with E-state index in [1.165, 1.54) is 88.3 Å². The van der Waals surface area contributed by atoms with Crippen LogP contribution in [0.25, 0.3) is 43.8 Å². The van der Waals surface area contributed by atoms with Crippen LogP contribution in [-0.2, 0) is 20.8 Å². The number of hydrogen-bond donors (Lipinski definition) is 0. The van der Waals surface area contributed by atoms with Crippen LogP contribution in [0.15, 0.2) is 84.9 Å². The van der Waals surface area contributed by atoms with Gasteiger partial charge in [0, 0.05) is 9.52 Å². The Labute approximate surface area is 312 Å². The first-order valence-corrected chi connectivity index (χ1v) is 25.2. The van der Waals surface area contributed by atoms with Crippen molar-refractivity contribution in [3.63, 3.8) is 0 Å². The van der Waals surface area contributed by atoms with E-state index in [9.17, 15) is 0 Å². The van der Waals surface area contributed by atoms with Gasteiger partial charge in [0.2, 0.25) is 0 Å². The van der Waals surface area contributed by atoms with E-state index in [2.05, 4.69) is 167 Å². The monoisotopic (exact) mass is 768 g/mol. The van der Waals surface area contributed by atoms with Crippen LogP contribution in [0.1, 0.15) is 84.0 Å². The third-order valence-corrected chi connectivity index (χ3v) is 9.58. The molecule has 250 valence electrons. The Hall–Kier alpha value is -2.22. The molecule has 0 aliphatic rings. The van der Waals surface area contributed by atoms with Crippen molar-refractivity contribution in [3.05, 3.63) is 129 Å². The first-order chi connectivity index (χ1) is 22.8. The predicted octanol–water partition coefficient (Wildman–Crippen LogP) is 14.7. The summed E-state index contributed by atoms with van der Waals surface area (Å²) < 4.78 is 0. The number of aryl methyl sites for hydroxylation is 2. The Morgan fingerprint density at radius 3 is 1.17 bits per heavy atom. The molecule has 0 aromatic heterocycles. The second-order valence-corrected chi connectivity index (χ2v) is 18.2. The third-order valence-electron chi connectivity index (χ3n) is 9.58. The van der Waals surface area contributed by atoms with E-state index < -0.39 is 20.8 Å². The van der Waals surface area contributed by atoms with Gasteiger partial charge in [-0.15, -0.1) is 69.1 Å². The summed E-state index contributed by atoms with van der Waals surface area (Å²) in [4.78, 5) is 0. The van der Waals surface area contributed by atoms with E-state index in [4.69, 9.17) is 17.0 Å². The van der Waals surface area contributed by atoms with Gasteiger partial charge >= 0.3 is 37.9 Å². The topological polar surface area (TPSA) is 0 Å². The van der Waals surface area contributed by atoms with Crippen molar-refractivity contribution in [3.8, 4) is 22.3 Å². The van der Waals surface area contributed by atoms with Crippen LogP contribution in [0.2, 0.25) is 13.1 Å². The summed E-state index contributed by atoms with van der Waals surface area (Å²) >= 11 is -0.826. The van der Waals surface area contributed by atoms with Crippen molar-refractivity contribution in [1.82, 2.24) is 0 Å². The summed E-state index contributed by atoms with van der Waals surface area (Å²) in [6.45, 7) is 26.6. The van der Waals surface area contributed by atoms with Crippen LogP contribution in [-0.4, -0.2) is 9.52 Å².